The number of benzene rings is 1. The second-order valence-corrected chi connectivity index (χ2v) is 5.49. The van der Waals surface area contributed by atoms with Crippen molar-refractivity contribution in [3.8, 4) is 0 Å². The van der Waals surface area contributed by atoms with Crippen molar-refractivity contribution >= 4 is 0 Å². The van der Waals surface area contributed by atoms with Crippen molar-refractivity contribution in [2.24, 2.45) is 0 Å². The zero-order chi connectivity index (χ0) is 15.5. The smallest absolute Gasteiger partial charge is 0.229 e. The summed E-state index contributed by atoms with van der Waals surface area (Å²) in [6, 6.07) is 9.49. The van der Waals surface area contributed by atoms with Gasteiger partial charge in [0.1, 0.15) is 12.6 Å². The molecule has 0 spiro atoms. The highest BCUT2D eigenvalue weighted by atomic mass is 16.5. The number of rotatable bonds is 5. The topological polar surface area (TPSA) is 77.0 Å². The highest BCUT2D eigenvalue weighted by molar-refractivity contribution is 5.26. The number of aliphatic hydroxyl groups is 1. The van der Waals surface area contributed by atoms with Crippen molar-refractivity contribution < 1.29 is 9.63 Å². The quantitative estimate of drug-likeness (QED) is 0.783. The third kappa shape index (κ3) is 3.07. The van der Waals surface area contributed by atoms with E-state index in [4.69, 9.17) is 4.52 Å². The maximum atomic E-state index is 10.3. The molecule has 0 aliphatic carbocycles. The van der Waals surface area contributed by atoms with Crippen molar-refractivity contribution in [1.29, 1.82) is 0 Å². The largest absolute Gasteiger partial charge is 0.384 e. The molecule has 0 radical (unpaired) electrons. The Labute approximate surface area is 128 Å². The van der Waals surface area contributed by atoms with Crippen LogP contribution in [0.15, 0.2) is 47.2 Å². The Morgan fingerprint density at radius 1 is 1.18 bits per heavy atom. The van der Waals surface area contributed by atoms with Crippen LogP contribution in [-0.4, -0.2) is 25.0 Å². The molecule has 1 atom stereocenters. The minimum Gasteiger partial charge on any atom is -0.384 e. The van der Waals surface area contributed by atoms with Crippen molar-refractivity contribution in [2.45, 2.75) is 32.4 Å². The summed E-state index contributed by atoms with van der Waals surface area (Å²) in [6.07, 6.45) is 2.76. The lowest BCUT2D eigenvalue weighted by Crippen LogP contribution is -2.02. The van der Waals surface area contributed by atoms with Gasteiger partial charge < -0.3 is 9.63 Å². The molecule has 1 aromatic carbocycles. The lowest BCUT2D eigenvalue weighted by molar-refractivity contribution is 0.220. The fraction of sp³-hybridized carbons (Fsp3) is 0.312. The van der Waals surface area contributed by atoms with Gasteiger partial charge >= 0.3 is 0 Å². The molecule has 0 aliphatic rings. The molecular formula is C16H18N4O2. The van der Waals surface area contributed by atoms with Gasteiger partial charge in [-0.05, 0) is 5.56 Å². The minimum atomic E-state index is -0.688. The molecule has 6 heteroatoms. The second-order valence-electron chi connectivity index (χ2n) is 5.49. The van der Waals surface area contributed by atoms with E-state index in [1.165, 1.54) is 0 Å². The summed E-state index contributed by atoms with van der Waals surface area (Å²) in [4.78, 5) is 4.32. The van der Waals surface area contributed by atoms with Crippen LogP contribution in [0, 0.1) is 0 Å². The lowest BCUT2D eigenvalue weighted by Gasteiger charge is -2.07. The Morgan fingerprint density at radius 3 is 2.64 bits per heavy atom. The number of hydrogen-bond donors (Lipinski definition) is 1. The molecule has 3 rings (SSSR count). The zero-order valence-corrected chi connectivity index (χ0v) is 12.5. The van der Waals surface area contributed by atoms with Gasteiger partial charge in [0, 0.05) is 17.7 Å². The first-order chi connectivity index (χ1) is 10.6. The number of nitrogens with zero attached hydrogens (tertiary/aromatic N) is 4. The molecule has 0 saturated heterocycles. The molecule has 3 aromatic rings. The molecule has 0 fully saturated rings. The number of hydrogen-bond acceptors (Lipinski definition) is 5. The first kappa shape index (κ1) is 14.5. The normalized spacial score (nSPS) is 12.7. The third-order valence-electron chi connectivity index (χ3n) is 3.37. The molecule has 0 bridgehead atoms. The van der Waals surface area contributed by atoms with E-state index in [1.807, 2.05) is 44.2 Å². The third-order valence-corrected chi connectivity index (χ3v) is 3.37. The van der Waals surface area contributed by atoms with Crippen molar-refractivity contribution in [3.05, 3.63) is 65.6 Å². The summed E-state index contributed by atoms with van der Waals surface area (Å²) >= 11 is 0. The second kappa shape index (κ2) is 6.11. The summed E-state index contributed by atoms with van der Waals surface area (Å²) in [5.74, 6) is 1.40. The molecule has 22 heavy (non-hydrogen) atoms. The van der Waals surface area contributed by atoms with E-state index in [0.29, 0.717) is 18.3 Å². The molecule has 1 N–H and O–H groups in total. The Hall–Kier alpha value is -2.47. The van der Waals surface area contributed by atoms with E-state index in [1.54, 1.807) is 17.1 Å². The molecule has 2 aromatic heterocycles. The standard InChI is InChI=1S/C16H18N4O2/c1-11(2)16-18-14(19-22-16)10-20-9-13(8-17-20)15(21)12-6-4-3-5-7-12/h3-9,11,15,21H,10H2,1-2H3. The first-order valence-electron chi connectivity index (χ1n) is 7.21. The van der Waals surface area contributed by atoms with E-state index in [2.05, 4.69) is 15.2 Å². The van der Waals surface area contributed by atoms with Gasteiger partial charge in [-0.15, -0.1) is 0 Å². The first-order valence-corrected chi connectivity index (χ1v) is 7.21. The van der Waals surface area contributed by atoms with Gasteiger partial charge in [-0.3, -0.25) is 4.68 Å². The molecular weight excluding hydrogens is 280 g/mol. The van der Waals surface area contributed by atoms with Crippen LogP contribution < -0.4 is 0 Å². The lowest BCUT2D eigenvalue weighted by atomic mass is 10.1. The summed E-state index contributed by atoms with van der Waals surface area (Å²) in [7, 11) is 0. The van der Waals surface area contributed by atoms with Crippen LogP contribution in [0.2, 0.25) is 0 Å². The van der Waals surface area contributed by atoms with E-state index in [9.17, 15) is 5.11 Å². The van der Waals surface area contributed by atoms with Gasteiger partial charge in [0.05, 0.1) is 6.20 Å². The van der Waals surface area contributed by atoms with Gasteiger partial charge in [-0.25, -0.2) is 0 Å². The maximum absolute atomic E-state index is 10.3. The average Bonchev–Trinajstić information content (AvgIpc) is 3.17. The Balaban J connectivity index is 1.73. The average molecular weight is 298 g/mol. The highest BCUT2D eigenvalue weighted by Crippen LogP contribution is 2.21. The summed E-state index contributed by atoms with van der Waals surface area (Å²) in [6.45, 7) is 4.41. The fourth-order valence-electron chi connectivity index (χ4n) is 2.15. The van der Waals surface area contributed by atoms with Crippen molar-refractivity contribution in [3.63, 3.8) is 0 Å². The van der Waals surface area contributed by atoms with Gasteiger partial charge in [-0.2, -0.15) is 10.1 Å². The number of aromatic nitrogens is 4. The summed E-state index contributed by atoms with van der Waals surface area (Å²) in [5.41, 5.74) is 1.57. The molecule has 0 amide bonds. The van der Waals surface area contributed by atoms with Crippen LogP contribution in [0.1, 0.15) is 48.7 Å². The van der Waals surface area contributed by atoms with E-state index in [-0.39, 0.29) is 5.92 Å². The van der Waals surface area contributed by atoms with Gasteiger partial charge in [0.25, 0.3) is 0 Å². The van der Waals surface area contributed by atoms with E-state index in [0.717, 1.165) is 11.1 Å². The summed E-state index contributed by atoms with van der Waals surface area (Å²) in [5, 5.41) is 18.5. The van der Waals surface area contributed by atoms with Crippen molar-refractivity contribution in [2.75, 3.05) is 0 Å². The van der Waals surface area contributed by atoms with Crippen LogP contribution in [0.5, 0.6) is 0 Å². The molecule has 114 valence electrons. The molecule has 1 unspecified atom stereocenters. The highest BCUT2D eigenvalue weighted by Gasteiger charge is 2.14. The van der Waals surface area contributed by atoms with E-state index < -0.39 is 6.10 Å². The number of aliphatic hydroxyl groups excluding tert-OH is 1. The van der Waals surface area contributed by atoms with Crippen LogP contribution in [-0.2, 0) is 6.54 Å². The predicted octanol–water partition coefficient (Wildman–Crippen LogP) is 2.52. The molecule has 0 saturated carbocycles. The SMILES string of the molecule is CC(C)c1nc(Cn2cc(C(O)c3ccccc3)cn2)no1. The van der Waals surface area contributed by atoms with Crippen LogP contribution in [0.3, 0.4) is 0 Å². The molecule has 6 nitrogen and oxygen atoms in total. The van der Waals surface area contributed by atoms with Gasteiger partial charge in [0.2, 0.25) is 5.89 Å². The Kier molecular flexibility index (Phi) is 4.02. The fourth-order valence-corrected chi connectivity index (χ4v) is 2.15. The summed E-state index contributed by atoms with van der Waals surface area (Å²) < 4.78 is 6.86. The monoisotopic (exact) mass is 298 g/mol. The minimum absolute atomic E-state index is 0.203. The molecule has 0 aliphatic heterocycles. The van der Waals surface area contributed by atoms with Crippen LogP contribution in [0.25, 0.3) is 0 Å². The Morgan fingerprint density at radius 2 is 1.95 bits per heavy atom. The van der Waals surface area contributed by atoms with E-state index >= 15 is 0 Å². The Bertz CT molecular complexity index is 733. The van der Waals surface area contributed by atoms with Crippen LogP contribution >= 0.6 is 0 Å². The predicted molar refractivity (Wildman–Crippen MR) is 80.2 cm³/mol. The maximum Gasteiger partial charge on any atom is 0.229 e. The van der Waals surface area contributed by atoms with Gasteiger partial charge in [-0.1, -0.05) is 49.3 Å². The molecule has 2 heterocycles. The van der Waals surface area contributed by atoms with Gasteiger partial charge in [0.15, 0.2) is 5.82 Å². The van der Waals surface area contributed by atoms with Crippen molar-refractivity contribution in [1.82, 2.24) is 19.9 Å². The van der Waals surface area contributed by atoms with Crippen LogP contribution in [0.4, 0.5) is 0 Å². The zero-order valence-electron chi connectivity index (χ0n) is 12.5.